The highest BCUT2D eigenvalue weighted by atomic mass is 35.5. The minimum atomic E-state index is -0.520. The zero-order valence-electron chi connectivity index (χ0n) is 16.6. The second-order valence-electron chi connectivity index (χ2n) is 8.89. The van der Waals surface area contributed by atoms with Gasteiger partial charge >= 0.3 is 6.09 Å². The maximum atomic E-state index is 14.6. The average Bonchev–Trinajstić information content (AvgIpc) is 3.12. The van der Waals surface area contributed by atoms with E-state index in [0.29, 0.717) is 30.6 Å². The number of nitrogens with zero attached hydrogens (tertiary/aromatic N) is 1. The number of hydrogen-bond acceptors (Lipinski definition) is 3. The van der Waals surface area contributed by atoms with Crippen LogP contribution < -0.4 is 5.32 Å². The highest BCUT2D eigenvalue weighted by molar-refractivity contribution is 6.30. The number of nitrogens with one attached hydrogen (secondary N) is 1. The number of hydrogen-bond donors (Lipinski definition) is 1. The van der Waals surface area contributed by atoms with Gasteiger partial charge in [0.2, 0.25) is 0 Å². The fourth-order valence-electron chi connectivity index (χ4n) is 4.50. The number of halogens is 2. The minimum Gasteiger partial charge on any atom is -0.444 e. The van der Waals surface area contributed by atoms with Crippen LogP contribution in [0.4, 0.5) is 9.18 Å². The van der Waals surface area contributed by atoms with Crippen LogP contribution in [0, 0.1) is 17.7 Å². The van der Waals surface area contributed by atoms with Crippen molar-refractivity contribution in [3.05, 3.63) is 34.6 Å². The minimum absolute atomic E-state index is 0.103. The third kappa shape index (κ3) is 4.75. The van der Waals surface area contributed by atoms with Crippen molar-refractivity contribution >= 4 is 17.7 Å². The maximum Gasteiger partial charge on any atom is 0.407 e. The lowest BCUT2D eigenvalue weighted by Gasteiger charge is -2.37. The van der Waals surface area contributed by atoms with Gasteiger partial charge in [-0.05, 0) is 64.9 Å². The van der Waals surface area contributed by atoms with E-state index in [9.17, 15) is 9.18 Å². The van der Waals surface area contributed by atoms with Crippen LogP contribution in [0.15, 0.2) is 18.2 Å². The number of carbonyl (C=O) groups excluding carboxylic acids is 1. The quantitative estimate of drug-likeness (QED) is 0.721. The van der Waals surface area contributed by atoms with Crippen molar-refractivity contribution in [1.29, 1.82) is 0 Å². The lowest BCUT2D eigenvalue weighted by atomic mass is 9.83. The van der Waals surface area contributed by atoms with Gasteiger partial charge in [0, 0.05) is 30.7 Å². The predicted octanol–water partition coefficient (Wildman–Crippen LogP) is 5.17. The molecule has 1 aromatic rings. The summed E-state index contributed by atoms with van der Waals surface area (Å²) in [4.78, 5) is 14.3. The Bertz CT molecular complexity index is 685. The van der Waals surface area contributed by atoms with Gasteiger partial charge in [-0.2, -0.15) is 0 Å². The van der Waals surface area contributed by atoms with Gasteiger partial charge in [-0.1, -0.05) is 23.7 Å². The Morgan fingerprint density at radius 3 is 2.67 bits per heavy atom. The fourth-order valence-corrected chi connectivity index (χ4v) is 4.69. The molecule has 3 saturated carbocycles. The summed E-state index contributed by atoms with van der Waals surface area (Å²) in [6.45, 7) is 8.67. The first-order valence-electron chi connectivity index (χ1n) is 9.82. The Labute approximate surface area is 166 Å². The van der Waals surface area contributed by atoms with Crippen molar-refractivity contribution in [1.82, 2.24) is 10.2 Å². The number of fused-ring (bicyclic) bond motifs is 1. The molecule has 1 aromatic carbocycles. The van der Waals surface area contributed by atoms with Gasteiger partial charge in [-0.15, -0.1) is 0 Å². The van der Waals surface area contributed by atoms with E-state index in [1.807, 2.05) is 27.7 Å². The summed E-state index contributed by atoms with van der Waals surface area (Å²) < 4.78 is 19.9. The van der Waals surface area contributed by atoms with Gasteiger partial charge in [0.25, 0.3) is 0 Å². The van der Waals surface area contributed by atoms with E-state index in [-0.39, 0.29) is 16.9 Å². The van der Waals surface area contributed by atoms with Crippen molar-refractivity contribution in [2.45, 2.75) is 64.6 Å². The van der Waals surface area contributed by atoms with Crippen LogP contribution in [-0.2, 0) is 4.74 Å². The van der Waals surface area contributed by atoms with Gasteiger partial charge in [0.05, 0.1) is 5.02 Å². The smallest absolute Gasteiger partial charge is 0.407 e. The van der Waals surface area contributed by atoms with E-state index >= 15 is 0 Å². The molecule has 0 radical (unpaired) electrons. The third-order valence-corrected chi connectivity index (χ3v) is 6.08. The lowest BCUT2D eigenvalue weighted by Crippen LogP contribution is -2.44. The molecule has 27 heavy (non-hydrogen) atoms. The van der Waals surface area contributed by atoms with Crippen LogP contribution >= 0.6 is 11.6 Å². The Morgan fingerprint density at radius 1 is 1.37 bits per heavy atom. The largest absolute Gasteiger partial charge is 0.444 e. The van der Waals surface area contributed by atoms with E-state index in [0.717, 1.165) is 12.3 Å². The molecule has 3 fully saturated rings. The van der Waals surface area contributed by atoms with Crippen LogP contribution in [0.2, 0.25) is 5.02 Å². The Morgan fingerprint density at radius 2 is 2.07 bits per heavy atom. The number of amides is 1. The Balaban J connectivity index is 1.68. The molecule has 1 N–H and O–H groups in total. The zero-order chi connectivity index (χ0) is 19.8. The van der Waals surface area contributed by atoms with Crippen molar-refractivity contribution in [2.24, 2.45) is 11.8 Å². The number of carbonyl (C=O) groups is 1. The number of rotatable bonds is 6. The summed E-state index contributed by atoms with van der Waals surface area (Å²) in [7, 11) is 0. The van der Waals surface area contributed by atoms with Gasteiger partial charge in [0.15, 0.2) is 0 Å². The second-order valence-corrected chi connectivity index (χ2v) is 9.29. The molecule has 3 aliphatic rings. The van der Waals surface area contributed by atoms with Crippen molar-refractivity contribution < 1.29 is 13.9 Å². The molecule has 0 spiro atoms. The van der Waals surface area contributed by atoms with E-state index in [1.165, 1.54) is 12.8 Å². The standard InChI is InChI=1S/C21H30ClFN2O2/c1-13(16-6-5-7-17(22)19(16)23)25(18-12-14-10-15(18)11-14)9-8-24-20(26)27-21(2,3)4/h5-7,13-15,18H,8-12H2,1-4H3,(H,24,26). The molecule has 4 rings (SSSR count). The molecule has 2 bridgehead atoms. The Hall–Kier alpha value is -1.33. The molecule has 4 nitrogen and oxygen atoms in total. The average molecular weight is 397 g/mol. The summed E-state index contributed by atoms with van der Waals surface area (Å²) >= 11 is 6.00. The summed E-state index contributed by atoms with van der Waals surface area (Å²) in [6, 6.07) is 5.51. The molecule has 3 aliphatic carbocycles. The number of ether oxygens (including phenoxy) is 1. The van der Waals surface area contributed by atoms with Crippen LogP contribution in [-0.4, -0.2) is 35.7 Å². The third-order valence-electron chi connectivity index (χ3n) is 5.78. The van der Waals surface area contributed by atoms with Crippen LogP contribution in [0.5, 0.6) is 0 Å². The van der Waals surface area contributed by atoms with Crippen molar-refractivity contribution in [2.75, 3.05) is 13.1 Å². The highest BCUT2D eigenvalue weighted by Crippen LogP contribution is 2.52. The van der Waals surface area contributed by atoms with E-state index < -0.39 is 11.7 Å². The topological polar surface area (TPSA) is 41.6 Å². The molecule has 0 heterocycles. The first kappa shape index (κ1) is 20.4. The van der Waals surface area contributed by atoms with E-state index in [1.54, 1.807) is 18.2 Å². The molecular weight excluding hydrogens is 367 g/mol. The highest BCUT2D eigenvalue weighted by Gasteiger charge is 2.47. The summed E-state index contributed by atoms with van der Waals surface area (Å²) in [6.07, 6.45) is 3.28. The molecule has 2 atom stereocenters. The molecule has 2 unspecified atom stereocenters. The normalized spacial score (nSPS) is 25.2. The van der Waals surface area contributed by atoms with Crippen molar-refractivity contribution in [3.63, 3.8) is 0 Å². The molecule has 6 heteroatoms. The van der Waals surface area contributed by atoms with Gasteiger partial charge in [-0.3, -0.25) is 4.90 Å². The van der Waals surface area contributed by atoms with Crippen LogP contribution in [0.3, 0.4) is 0 Å². The maximum absolute atomic E-state index is 14.6. The molecule has 150 valence electrons. The van der Waals surface area contributed by atoms with Crippen molar-refractivity contribution in [3.8, 4) is 0 Å². The molecule has 0 aliphatic heterocycles. The van der Waals surface area contributed by atoms with Gasteiger partial charge in [-0.25, -0.2) is 9.18 Å². The predicted molar refractivity (Wildman–Crippen MR) is 105 cm³/mol. The Kier molecular flexibility index (Phi) is 6.02. The monoisotopic (exact) mass is 396 g/mol. The van der Waals surface area contributed by atoms with Crippen LogP contribution in [0.1, 0.15) is 58.6 Å². The molecule has 0 aromatic heterocycles. The fraction of sp³-hybridized carbons (Fsp3) is 0.667. The molecule has 1 amide bonds. The first-order chi connectivity index (χ1) is 12.7. The summed E-state index contributed by atoms with van der Waals surface area (Å²) in [5, 5.41) is 2.99. The number of benzene rings is 1. The van der Waals surface area contributed by atoms with E-state index in [2.05, 4.69) is 10.2 Å². The van der Waals surface area contributed by atoms with E-state index in [4.69, 9.17) is 16.3 Å². The second kappa shape index (κ2) is 7.96. The number of alkyl carbamates (subject to hydrolysis) is 1. The summed E-state index contributed by atoms with van der Waals surface area (Å²) in [5.74, 6) is 1.14. The van der Waals surface area contributed by atoms with Gasteiger partial charge < -0.3 is 10.1 Å². The SMILES string of the molecule is CC(c1cccc(Cl)c1F)N(CCNC(=O)OC(C)(C)C)C1CC2CC1C2. The molecule has 0 saturated heterocycles. The summed E-state index contributed by atoms with van der Waals surface area (Å²) in [5.41, 5.74) is 0.0945. The first-order valence-corrected chi connectivity index (χ1v) is 10.2. The zero-order valence-corrected chi connectivity index (χ0v) is 17.4. The van der Waals surface area contributed by atoms with Gasteiger partial charge in [0.1, 0.15) is 11.4 Å². The lowest BCUT2D eigenvalue weighted by molar-refractivity contribution is 0.0505. The molecular formula is C21H30ClFN2O2. The van der Waals surface area contributed by atoms with Crippen LogP contribution in [0.25, 0.3) is 0 Å².